The van der Waals surface area contributed by atoms with E-state index in [9.17, 15) is 4.79 Å². The monoisotopic (exact) mass is 409 g/mol. The fraction of sp³-hybridized carbons (Fsp3) is 0.304. The highest BCUT2D eigenvalue weighted by atomic mass is 35.5. The van der Waals surface area contributed by atoms with Crippen LogP contribution >= 0.6 is 11.6 Å². The van der Waals surface area contributed by atoms with Crippen molar-refractivity contribution in [2.24, 2.45) is 0 Å². The quantitative estimate of drug-likeness (QED) is 0.634. The zero-order chi connectivity index (χ0) is 20.2. The molecule has 2 aromatic carbocycles. The van der Waals surface area contributed by atoms with Gasteiger partial charge < -0.3 is 15.0 Å². The molecular weight excluding hydrogens is 386 g/mol. The Bertz CT molecular complexity index is 1010. The Morgan fingerprint density at radius 3 is 2.62 bits per heavy atom. The number of rotatable bonds is 5. The highest BCUT2D eigenvalue weighted by molar-refractivity contribution is 6.31. The van der Waals surface area contributed by atoms with E-state index in [0.29, 0.717) is 17.1 Å². The van der Waals surface area contributed by atoms with Gasteiger partial charge in [0.2, 0.25) is 0 Å². The summed E-state index contributed by atoms with van der Waals surface area (Å²) in [6, 6.07) is 13.4. The minimum absolute atomic E-state index is 0.0244. The molecule has 150 valence electrons. The summed E-state index contributed by atoms with van der Waals surface area (Å²) in [4.78, 5) is 19.7. The number of benzene rings is 2. The second-order valence-electron chi connectivity index (χ2n) is 7.26. The van der Waals surface area contributed by atoms with E-state index in [1.165, 1.54) is 6.42 Å². The summed E-state index contributed by atoms with van der Waals surface area (Å²) in [5.74, 6) is 0.840. The smallest absolute Gasteiger partial charge is 0.257 e. The minimum Gasteiger partial charge on any atom is -0.497 e. The van der Waals surface area contributed by atoms with E-state index in [4.69, 9.17) is 16.3 Å². The van der Waals surface area contributed by atoms with Gasteiger partial charge in [0.25, 0.3) is 5.91 Å². The Morgan fingerprint density at radius 2 is 1.90 bits per heavy atom. The molecule has 1 N–H and O–H groups in total. The van der Waals surface area contributed by atoms with Gasteiger partial charge in [0.15, 0.2) is 0 Å². The average molecular weight is 410 g/mol. The minimum atomic E-state index is 0.0244. The van der Waals surface area contributed by atoms with Crippen molar-refractivity contribution in [2.45, 2.75) is 25.8 Å². The Balaban J connectivity index is 1.69. The highest BCUT2D eigenvalue weighted by Gasteiger charge is 2.22. The van der Waals surface area contributed by atoms with E-state index >= 15 is 0 Å². The van der Waals surface area contributed by atoms with E-state index in [1.54, 1.807) is 13.3 Å². The van der Waals surface area contributed by atoms with Gasteiger partial charge in [-0.1, -0.05) is 23.7 Å². The normalized spacial score (nSPS) is 14.1. The molecule has 1 fully saturated rings. The van der Waals surface area contributed by atoms with Crippen LogP contribution in [0.2, 0.25) is 5.02 Å². The predicted molar refractivity (Wildman–Crippen MR) is 117 cm³/mol. The fourth-order valence-electron chi connectivity index (χ4n) is 3.72. The van der Waals surface area contributed by atoms with E-state index in [2.05, 4.69) is 10.3 Å². The van der Waals surface area contributed by atoms with Crippen molar-refractivity contribution in [1.82, 2.24) is 9.88 Å². The number of piperidine rings is 1. The first-order valence-corrected chi connectivity index (χ1v) is 10.3. The second-order valence-corrected chi connectivity index (χ2v) is 7.70. The van der Waals surface area contributed by atoms with Gasteiger partial charge in [0, 0.05) is 36.2 Å². The summed E-state index contributed by atoms with van der Waals surface area (Å²) in [5, 5.41) is 4.95. The molecule has 0 saturated carbocycles. The number of anilines is 1. The number of hydrogen-bond acceptors (Lipinski definition) is 4. The van der Waals surface area contributed by atoms with Crippen LogP contribution in [0.15, 0.2) is 48.7 Å². The molecule has 3 aromatic rings. The summed E-state index contributed by atoms with van der Waals surface area (Å²) >= 11 is 6.26. The Labute approximate surface area is 175 Å². The molecular formula is C23H24ClN3O2. The molecule has 0 bridgehead atoms. The Hall–Kier alpha value is -2.79. The summed E-state index contributed by atoms with van der Waals surface area (Å²) in [5.41, 5.74) is 3.27. The first-order valence-electron chi connectivity index (χ1n) is 9.90. The van der Waals surface area contributed by atoms with Gasteiger partial charge in [0.1, 0.15) is 5.75 Å². The van der Waals surface area contributed by atoms with Crippen LogP contribution in [0.3, 0.4) is 0 Å². The molecule has 0 aliphatic carbocycles. The Morgan fingerprint density at radius 1 is 1.14 bits per heavy atom. The zero-order valence-corrected chi connectivity index (χ0v) is 17.2. The Kier molecular flexibility index (Phi) is 5.86. The molecule has 0 radical (unpaired) electrons. The molecule has 1 aliphatic rings. The number of nitrogens with zero attached hydrogens (tertiary/aromatic N) is 2. The lowest BCUT2D eigenvalue weighted by molar-refractivity contribution is 0.0725. The number of carbonyl (C=O) groups is 1. The lowest BCUT2D eigenvalue weighted by Crippen LogP contribution is -2.36. The molecule has 6 heteroatoms. The summed E-state index contributed by atoms with van der Waals surface area (Å²) in [6.45, 7) is 2.17. The number of halogens is 1. The van der Waals surface area contributed by atoms with Crippen molar-refractivity contribution >= 4 is 34.1 Å². The number of carbonyl (C=O) groups excluding carboxylic acids is 1. The van der Waals surface area contributed by atoms with Crippen molar-refractivity contribution in [3.63, 3.8) is 0 Å². The number of likely N-dealkylation sites (tertiary alicyclic amines) is 1. The molecule has 29 heavy (non-hydrogen) atoms. The van der Waals surface area contributed by atoms with Crippen LogP contribution in [0.4, 0.5) is 5.69 Å². The molecule has 0 atom stereocenters. The third-order valence-electron chi connectivity index (χ3n) is 5.33. The molecule has 1 aromatic heterocycles. The maximum atomic E-state index is 13.2. The standard InChI is InChI=1S/C23H24ClN3O2/c1-29-18-8-5-16(6-9-18)14-26-22-19-13-17(24)7-10-21(19)25-15-20(22)23(28)27-11-3-2-4-12-27/h5-10,13,15H,2-4,11-12,14H2,1H3,(H,25,26). The first kappa shape index (κ1) is 19.5. The van der Waals surface area contributed by atoms with E-state index in [1.807, 2.05) is 47.4 Å². The van der Waals surface area contributed by atoms with E-state index in [0.717, 1.165) is 53.8 Å². The maximum absolute atomic E-state index is 13.2. The summed E-state index contributed by atoms with van der Waals surface area (Å²) in [6.07, 6.45) is 4.96. The average Bonchev–Trinajstić information content (AvgIpc) is 2.77. The third kappa shape index (κ3) is 4.30. The lowest BCUT2D eigenvalue weighted by atomic mass is 10.1. The number of hydrogen-bond donors (Lipinski definition) is 1. The SMILES string of the molecule is COc1ccc(CNc2c(C(=O)N3CCCCC3)cnc3ccc(Cl)cc23)cc1. The van der Waals surface area contributed by atoms with Crippen LogP contribution in [0, 0.1) is 0 Å². The van der Waals surface area contributed by atoms with Gasteiger partial charge in [-0.15, -0.1) is 0 Å². The summed E-state index contributed by atoms with van der Waals surface area (Å²) < 4.78 is 5.23. The van der Waals surface area contributed by atoms with E-state index < -0.39 is 0 Å². The van der Waals surface area contributed by atoms with Crippen LogP contribution in [0.5, 0.6) is 5.75 Å². The van der Waals surface area contributed by atoms with E-state index in [-0.39, 0.29) is 5.91 Å². The molecule has 0 unspecified atom stereocenters. The fourth-order valence-corrected chi connectivity index (χ4v) is 3.89. The number of fused-ring (bicyclic) bond motifs is 1. The topological polar surface area (TPSA) is 54.5 Å². The van der Waals surface area contributed by atoms with Gasteiger partial charge in [-0.25, -0.2) is 0 Å². The zero-order valence-electron chi connectivity index (χ0n) is 16.5. The lowest BCUT2D eigenvalue weighted by Gasteiger charge is -2.27. The molecule has 1 amide bonds. The van der Waals surface area contributed by atoms with Gasteiger partial charge in [-0.2, -0.15) is 0 Å². The molecule has 2 heterocycles. The molecule has 4 rings (SSSR count). The number of aromatic nitrogens is 1. The van der Waals surface area contributed by atoms with Gasteiger partial charge in [-0.3, -0.25) is 9.78 Å². The molecule has 1 aliphatic heterocycles. The third-order valence-corrected chi connectivity index (χ3v) is 5.57. The van der Waals surface area contributed by atoms with Crippen molar-refractivity contribution in [3.05, 3.63) is 64.8 Å². The number of amides is 1. The number of nitrogens with one attached hydrogen (secondary N) is 1. The van der Waals surface area contributed by atoms with Crippen molar-refractivity contribution in [1.29, 1.82) is 0 Å². The van der Waals surface area contributed by atoms with Crippen molar-refractivity contribution in [2.75, 3.05) is 25.5 Å². The van der Waals surface area contributed by atoms with Crippen LogP contribution < -0.4 is 10.1 Å². The summed E-state index contributed by atoms with van der Waals surface area (Å²) in [7, 11) is 1.65. The molecule has 5 nitrogen and oxygen atoms in total. The second kappa shape index (κ2) is 8.70. The van der Waals surface area contributed by atoms with Gasteiger partial charge >= 0.3 is 0 Å². The largest absolute Gasteiger partial charge is 0.497 e. The van der Waals surface area contributed by atoms with Crippen LogP contribution in [0.25, 0.3) is 10.9 Å². The molecule has 0 spiro atoms. The van der Waals surface area contributed by atoms with Crippen LogP contribution in [-0.2, 0) is 6.54 Å². The molecule has 1 saturated heterocycles. The number of ether oxygens (including phenoxy) is 1. The van der Waals surface area contributed by atoms with Gasteiger partial charge in [-0.05, 0) is 55.2 Å². The first-order chi connectivity index (χ1) is 14.2. The van der Waals surface area contributed by atoms with Crippen molar-refractivity contribution < 1.29 is 9.53 Å². The predicted octanol–water partition coefficient (Wildman–Crippen LogP) is 5.14. The van der Waals surface area contributed by atoms with Crippen molar-refractivity contribution in [3.8, 4) is 5.75 Å². The number of pyridine rings is 1. The van der Waals surface area contributed by atoms with Crippen LogP contribution in [-0.4, -0.2) is 36.0 Å². The number of methoxy groups -OCH3 is 1. The van der Waals surface area contributed by atoms with Crippen LogP contribution in [0.1, 0.15) is 35.2 Å². The maximum Gasteiger partial charge on any atom is 0.257 e. The van der Waals surface area contributed by atoms with Gasteiger partial charge in [0.05, 0.1) is 23.9 Å². The highest BCUT2D eigenvalue weighted by Crippen LogP contribution is 2.30.